The van der Waals surface area contributed by atoms with Crippen LogP contribution in [-0.4, -0.2) is 38.6 Å². The number of halogens is 6. The highest BCUT2D eigenvalue weighted by atomic mass is 19.4. The van der Waals surface area contributed by atoms with Gasteiger partial charge in [-0.1, -0.05) is 0 Å². The van der Waals surface area contributed by atoms with Crippen molar-refractivity contribution in [3.05, 3.63) is 42.0 Å². The molecule has 0 aliphatic rings. The number of ether oxygens (including phenoxy) is 3. The molecule has 2 aromatic carbocycles. The largest absolute Gasteiger partial charge is 0.497 e. The number of aryl methyl sites for hydroxylation is 1. The van der Waals surface area contributed by atoms with Crippen molar-refractivity contribution in [2.75, 3.05) is 14.2 Å². The van der Waals surface area contributed by atoms with Gasteiger partial charge < -0.3 is 14.2 Å². The third-order valence-electron chi connectivity index (χ3n) is 4.69. The molecule has 11 heteroatoms. The average molecular weight is 448 g/mol. The number of aromatic nitrogens is 1. The first-order valence-corrected chi connectivity index (χ1v) is 8.70. The monoisotopic (exact) mass is 448 g/mol. The van der Waals surface area contributed by atoms with Crippen LogP contribution < -0.4 is 14.0 Å². The number of nitrogens with zero attached hydrogens (tertiary/aromatic N) is 1. The molecule has 0 saturated carbocycles. The predicted octanol–water partition coefficient (Wildman–Crippen LogP) is 4.48. The van der Waals surface area contributed by atoms with Crippen LogP contribution in [0.2, 0.25) is 0 Å². The Bertz CT molecular complexity index is 1080. The van der Waals surface area contributed by atoms with Gasteiger partial charge in [-0.25, -0.2) is 4.79 Å². The number of pyridine rings is 1. The lowest BCUT2D eigenvalue weighted by molar-refractivity contribution is -0.617. The summed E-state index contributed by atoms with van der Waals surface area (Å²) in [7, 11) is 4.28. The summed E-state index contributed by atoms with van der Waals surface area (Å²) in [6, 6.07) is 8.81. The Kier molecular flexibility index (Phi) is 5.64. The lowest BCUT2D eigenvalue weighted by atomic mass is 10.0. The Labute approximate surface area is 171 Å². The standard InChI is InChI=1S/C20H16F6NO4/c1-27-14-6-4-10(29-2)8-12(14)16(13-9-11(30-3)5-7-15(13)27)17(28)31-18(19(21,22)23)20(24,25)26/h4-9,18H,1-3H3/q+1. The van der Waals surface area contributed by atoms with E-state index in [4.69, 9.17) is 9.47 Å². The Morgan fingerprint density at radius 3 is 1.61 bits per heavy atom. The molecule has 31 heavy (non-hydrogen) atoms. The van der Waals surface area contributed by atoms with Crippen molar-refractivity contribution in [2.24, 2.45) is 7.05 Å². The molecule has 3 rings (SSSR count). The van der Waals surface area contributed by atoms with E-state index >= 15 is 0 Å². The fourth-order valence-corrected chi connectivity index (χ4v) is 3.25. The zero-order chi connectivity index (χ0) is 23.1. The second-order valence-electron chi connectivity index (χ2n) is 6.57. The Morgan fingerprint density at radius 2 is 1.26 bits per heavy atom. The molecule has 0 aliphatic heterocycles. The summed E-state index contributed by atoms with van der Waals surface area (Å²) in [5.41, 5.74) is 0.251. The molecular weight excluding hydrogens is 432 g/mol. The molecule has 0 radical (unpaired) electrons. The van der Waals surface area contributed by atoms with E-state index in [0.717, 1.165) is 0 Å². The molecule has 0 amide bonds. The maximum atomic E-state index is 13.0. The van der Waals surface area contributed by atoms with E-state index < -0.39 is 30.0 Å². The summed E-state index contributed by atoms with van der Waals surface area (Å²) in [5, 5.41) is 0.103. The molecule has 1 aromatic heterocycles. The van der Waals surface area contributed by atoms with Gasteiger partial charge in [0.15, 0.2) is 0 Å². The molecule has 0 bridgehead atoms. The van der Waals surface area contributed by atoms with Crippen LogP contribution in [0, 0.1) is 0 Å². The highest BCUT2D eigenvalue weighted by Gasteiger charge is 2.60. The molecule has 0 aliphatic carbocycles. The van der Waals surface area contributed by atoms with Gasteiger partial charge in [0.1, 0.15) is 18.5 Å². The van der Waals surface area contributed by atoms with E-state index in [2.05, 4.69) is 4.74 Å². The first-order chi connectivity index (χ1) is 14.4. The van der Waals surface area contributed by atoms with Gasteiger partial charge in [-0.2, -0.15) is 30.9 Å². The number of fused-ring (bicyclic) bond motifs is 2. The zero-order valence-corrected chi connectivity index (χ0v) is 16.4. The van der Waals surface area contributed by atoms with Gasteiger partial charge in [0.2, 0.25) is 11.0 Å². The third-order valence-corrected chi connectivity index (χ3v) is 4.69. The Balaban J connectivity index is 2.34. The summed E-state index contributed by atoms with van der Waals surface area (Å²) < 4.78 is 93.7. The van der Waals surface area contributed by atoms with Crippen molar-refractivity contribution in [1.82, 2.24) is 0 Å². The molecule has 166 valence electrons. The molecule has 3 aromatic rings. The normalized spacial score (nSPS) is 12.5. The van der Waals surface area contributed by atoms with Crippen LogP contribution in [0.5, 0.6) is 11.5 Å². The Morgan fingerprint density at radius 1 is 0.839 bits per heavy atom. The fourth-order valence-electron chi connectivity index (χ4n) is 3.25. The van der Waals surface area contributed by atoms with E-state index in [9.17, 15) is 31.1 Å². The maximum Gasteiger partial charge on any atom is 0.434 e. The minimum absolute atomic E-state index is 0.0516. The van der Waals surface area contributed by atoms with Crippen LogP contribution in [0.1, 0.15) is 10.4 Å². The van der Waals surface area contributed by atoms with E-state index in [1.54, 1.807) is 23.7 Å². The fraction of sp³-hybridized carbons (Fsp3) is 0.300. The summed E-state index contributed by atoms with van der Waals surface area (Å²) in [6.07, 6.45) is -16.0. The molecule has 0 spiro atoms. The quantitative estimate of drug-likeness (QED) is 0.256. The molecule has 0 fully saturated rings. The topological polar surface area (TPSA) is 48.6 Å². The number of alkyl halides is 6. The van der Waals surface area contributed by atoms with Crippen molar-refractivity contribution in [2.45, 2.75) is 18.5 Å². The predicted molar refractivity (Wildman–Crippen MR) is 97.0 cm³/mol. The minimum Gasteiger partial charge on any atom is -0.497 e. The van der Waals surface area contributed by atoms with Gasteiger partial charge in [-0.15, -0.1) is 0 Å². The number of hydrogen-bond donors (Lipinski definition) is 0. The van der Waals surface area contributed by atoms with Gasteiger partial charge in [0, 0.05) is 12.1 Å². The van der Waals surface area contributed by atoms with Crippen molar-refractivity contribution >= 4 is 27.8 Å². The number of methoxy groups -OCH3 is 2. The number of carbonyl (C=O) groups excluding carboxylic acids is 1. The van der Waals surface area contributed by atoms with Crippen LogP contribution in [0.3, 0.4) is 0 Å². The van der Waals surface area contributed by atoms with Gasteiger partial charge in [0.05, 0.1) is 30.6 Å². The summed E-state index contributed by atoms with van der Waals surface area (Å²) in [4.78, 5) is 12.8. The van der Waals surface area contributed by atoms with Crippen LogP contribution in [0.25, 0.3) is 21.8 Å². The number of rotatable bonds is 4. The second kappa shape index (κ2) is 7.78. The van der Waals surface area contributed by atoms with E-state index in [1.165, 1.54) is 38.5 Å². The lowest BCUT2D eigenvalue weighted by Gasteiger charge is -2.23. The molecular formula is C20H16F6NO4+. The number of hydrogen-bond acceptors (Lipinski definition) is 4. The minimum atomic E-state index is -5.84. The molecule has 0 saturated heterocycles. The summed E-state index contributed by atoms with van der Waals surface area (Å²) in [6.45, 7) is 0. The Hall–Kier alpha value is -3.24. The summed E-state index contributed by atoms with van der Waals surface area (Å²) >= 11 is 0. The van der Waals surface area contributed by atoms with Crippen LogP contribution in [0.4, 0.5) is 26.3 Å². The van der Waals surface area contributed by atoms with E-state index in [1.807, 2.05) is 0 Å². The number of carbonyl (C=O) groups is 1. The van der Waals surface area contributed by atoms with Crippen molar-refractivity contribution in [3.8, 4) is 11.5 Å². The van der Waals surface area contributed by atoms with Crippen LogP contribution in [0.15, 0.2) is 36.4 Å². The molecule has 0 atom stereocenters. The third kappa shape index (κ3) is 4.17. The van der Waals surface area contributed by atoms with Crippen LogP contribution >= 0.6 is 0 Å². The van der Waals surface area contributed by atoms with Gasteiger partial charge in [-0.3, -0.25) is 0 Å². The van der Waals surface area contributed by atoms with E-state index in [-0.39, 0.29) is 22.3 Å². The average Bonchev–Trinajstić information content (AvgIpc) is 2.69. The van der Waals surface area contributed by atoms with Crippen LogP contribution in [-0.2, 0) is 11.8 Å². The van der Waals surface area contributed by atoms with Crippen molar-refractivity contribution < 1.29 is 49.9 Å². The maximum absolute atomic E-state index is 13.0. The SMILES string of the molecule is COc1ccc2c(c1)c(C(=O)OC(C(F)(F)F)C(F)(F)F)c1cc(OC)ccc1[n+]2C. The molecule has 0 unspecified atom stereocenters. The summed E-state index contributed by atoms with van der Waals surface area (Å²) in [5.74, 6) is -1.30. The van der Waals surface area contributed by atoms with Gasteiger partial charge in [-0.05, 0) is 24.3 Å². The first kappa shape index (κ1) is 22.4. The van der Waals surface area contributed by atoms with Gasteiger partial charge >= 0.3 is 18.3 Å². The van der Waals surface area contributed by atoms with Crippen molar-refractivity contribution in [1.29, 1.82) is 0 Å². The van der Waals surface area contributed by atoms with Gasteiger partial charge in [0.25, 0.3) is 6.10 Å². The van der Waals surface area contributed by atoms with E-state index in [0.29, 0.717) is 11.0 Å². The first-order valence-electron chi connectivity index (χ1n) is 8.70. The molecule has 0 N–H and O–H groups in total. The highest BCUT2D eigenvalue weighted by molar-refractivity contribution is 6.13. The molecule has 5 nitrogen and oxygen atoms in total. The number of benzene rings is 2. The smallest absolute Gasteiger partial charge is 0.434 e. The second-order valence-corrected chi connectivity index (χ2v) is 6.57. The molecule has 1 heterocycles. The zero-order valence-electron chi connectivity index (χ0n) is 16.4. The van der Waals surface area contributed by atoms with Crippen molar-refractivity contribution in [3.63, 3.8) is 0 Å². The lowest BCUT2D eigenvalue weighted by Crippen LogP contribution is -2.45. The number of esters is 1. The highest BCUT2D eigenvalue weighted by Crippen LogP contribution is 2.38.